The molecule has 1 heterocycles. The average molecular weight is 252 g/mol. The van der Waals surface area contributed by atoms with Gasteiger partial charge < -0.3 is 5.11 Å². The standard InChI is InChI=1S/C12H7ClFNO2/c13-12-8(4-5-10(16)17)6-7-2-1-3-9(14)11(7)15-12/h1-6H,(H,16,17)/b5-4+. The van der Waals surface area contributed by atoms with E-state index in [0.717, 1.165) is 6.08 Å². The van der Waals surface area contributed by atoms with Crippen molar-refractivity contribution >= 4 is 34.5 Å². The molecule has 0 aliphatic heterocycles. The second kappa shape index (κ2) is 4.51. The maximum Gasteiger partial charge on any atom is 0.328 e. The number of hydrogen-bond donors (Lipinski definition) is 1. The number of carboxylic acids is 1. The van der Waals surface area contributed by atoms with Crippen LogP contribution in [0.1, 0.15) is 5.56 Å². The lowest BCUT2D eigenvalue weighted by molar-refractivity contribution is -0.131. The van der Waals surface area contributed by atoms with Gasteiger partial charge in [0.15, 0.2) is 0 Å². The van der Waals surface area contributed by atoms with Crippen molar-refractivity contribution in [2.75, 3.05) is 0 Å². The van der Waals surface area contributed by atoms with Crippen molar-refractivity contribution in [3.05, 3.63) is 46.9 Å². The topological polar surface area (TPSA) is 50.2 Å². The minimum absolute atomic E-state index is 0.0695. The number of rotatable bonds is 2. The zero-order chi connectivity index (χ0) is 12.4. The van der Waals surface area contributed by atoms with E-state index in [9.17, 15) is 9.18 Å². The molecule has 0 atom stereocenters. The molecule has 2 aromatic rings. The number of pyridine rings is 1. The molecule has 0 amide bonds. The number of carbonyl (C=O) groups is 1. The van der Waals surface area contributed by atoms with Crippen LogP contribution in [-0.4, -0.2) is 16.1 Å². The molecule has 1 N–H and O–H groups in total. The number of hydrogen-bond acceptors (Lipinski definition) is 2. The predicted molar refractivity (Wildman–Crippen MR) is 63.4 cm³/mol. The second-order valence-electron chi connectivity index (χ2n) is 3.35. The highest BCUT2D eigenvalue weighted by molar-refractivity contribution is 6.31. The summed E-state index contributed by atoms with van der Waals surface area (Å²) in [7, 11) is 0. The predicted octanol–water partition coefficient (Wildman–Crippen LogP) is 3.13. The summed E-state index contributed by atoms with van der Waals surface area (Å²) in [6.45, 7) is 0. The third-order valence-electron chi connectivity index (χ3n) is 2.18. The van der Waals surface area contributed by atoms with Crippen molar-refractivity contribution in [2.24, 2.45) is 0 Å². The van der Waals surface area contributed by atoms with Crippen LogP contribution in [0.3, 0.4) is 0 Å². The van der Waals surface area contributed by atoms with E-state index in [1.54, 1.807) is 18.2 Å². The molecule has 0 saturated carbocycles. The summed E-state index contributed by atoms with van der Waals surface area (Å²) >= 11 is 5.84. The Morgan fingerprint density at radius 2 is 2.24 bits per heavy atom. The fourth-order valence-electron chi connectivity index (χ4n) is 1.43. The van der Waals surface area contributed by atoms with E-state index >= 15 is 0 Å². The van der Waals surface area contributed by atoms with Crippen LogP contribution < -0.4 is 0 Å². The molecule has 1 aromatic heterocycles. The van der Waals surface area contributed by atoms with E-state index in [2.05, 4.69) is 4.98 Å². The van der Waals surface area contributed by atoms with Gasteiger partial charge in [0.25, 0.3) is 0 Å². The van der Waals surface area contributed by atoms with Gasteiger partial charge in [-0.25, -0.2) is 14.2 Å². The van der Waals surface area contributed by atoms with E-state index in [1.807, 2.05) is 0 Å². The highest BCUT2D eigenvalue weighted by atomic mass is 35.5. The maximum absolute atomic E-state index is 13.4. The number of benzene rings is 1. The first-order valence-corrected chi connectivity index (χ1v) is 5.11. The first-order chi connectivity index (χ1) is 8.08. The second-order valence-corrected chi connectivity index (χ2v) is 3.71. The van der Waals surface area contributed by atoms with E-state index in [0.29, 0.717) is 10.9 Å². The molecule has 1 aromatic carbocycles. The van der Waals surface area contributed by atoms with Gasteiger partial charge in [0.1, 0.15) is 16.5 Å². The van der Waals surface area contributed by atoms with E-state index in [-0.39, 0.29) is 10.7 Å². The number of aromatic nitrogens is 1. The van der Waals surface area contributed by atoms with Crippen LogP contribution in [0.2, 0.25) is 5.15 Å². The molecule has 0 fully saturated rings. The molecule has 17 heavy (non-hydrogen) atoms. The number of fused-ring (bicyclic) bond motifs is 1. The fourth-order valence-corrected chi connectivity index (χ4v) is 1.64. The molecule has 0 aliphatic rings. The molecular weight excluding hydrogens is 245 g/mol. The number of carboxylic acid groups (broad SMARTS) is 1. The Morgan fingerprint density at radius 1 is 1.47 bits per heavy atom. The summed E-state index contributed by atoms with van der Waals surface area (Å²) in [5, 5.41) is 9.15. The van der Waals surface area contributed by atoms with Gasteiger partial charge >= 0.3 is 5.97 Å². The Balaban J connectivity index is 2.60. The van der Waals surface area contributed by atoms with E-state index in [1.165, 1.54) is 12.1 Å². The van der Waals surface area contributed by atoms with Crippen molar-refractivity contribution < 1.29 is 14.3 Å². The first-order valence-electron chi connectivity index (χ1n) is 4.73. The van der Waals surface area contributed by atoms with Gasteiger partial charge in [0.2, 0.25) is 0 Å². The zero-order valence-corrected chi connectivity index (χ0v) is 9.28. The van der Waals surface area contributed by atoms with Crippen molar-refractivity contribution in [3.8, 4) is 0 Å². The molecule has 0 unspecified atom stereocenters. The van der Waals surface area contributed by atoms with Crippen molar-refractivity contribution in [3.63, 3.8) is 0 Å². The molecule has 0 spiro atoms. The van der Waals surface area contributed by atoms with Gasteiger partial charge in [0, 0.05) is 17.0 Å². The van der Waals surface area contributed by atoms with Crippen molar-refractivity contribution in [1.29, 1.82) is 0 Å². The van der Waals surface area contributed by atoms with Crippen LogP contribution in [0.25, 0.3) is 17.0 Å². The highest BCUT2D eigenvalue weighted by Gasteiger charge is 2.06. The summed E-state index contributed by atoms with van der Waals surface area (Å²) in [6.07, 6.45) is 2.27. The molecule has 5 heteroatoms. The van der Waals surface area contributed by atoms with Crippen LogP contribution in [0.5, 0.6) is 0 Å². The Bertz CT molecular complexity index is 625. The lowest BCUT2D eigenvalue weighted by atomic mass is 10.1. The average Bonchev–Trinajstić information content (AvgIpc) is 2.28. The van der Waals surface area contributed by atoms with E-state index < -0.39 is 11.8 Å². The summed E-state index contributed by atoms with van der Waals surface area (Å²) in [4.78, 5) is 14.3. The van der Waals surface area contributed by atoms with Gasteiger partial charge in [-0.05, 0) is 18.2 Å². The molecule has 0 saturated heterocycles. The number of halogens is 2. The first kappa shape index (κ1) is 11.5. The number of para-hydroxylation sites is 1. The molecule has 0 bridgehead atoms. The fraction of sp³-hybridized carbons (Fsp3) is 0. The third kappa shape index (κ3) is 2.42. The monoisotopic (exact) mass is 251 g/mol. The maximum atomic E-state index is 13.4. The smallest absolute Gasteiger partial charge is 0.328 e. The highest BCUT2D eigenvalue weighted by Crippen LogP contribution is 2.23. The summed E-state index contributed by atoms with van der Waals surface area (Å²) in [5.41, 5.74) is 0.608. The van der Waals surface area contributed by atoms with Gasteiger partial charge in [-0.2, -0.15) is 0 Å². The van der Waals surface area contributed by atoms with Crippen LogP contribution in [0, 0.1) is 5.82 Å². The van der Waals surface area contributed by atoms with Gasteiger partial charge in [-0.15, -0.1) is 0 Å². The third-order valence-corrected chi connectivity index (χ3v) is 2.49. The molecule has 3 nitrogen and oxygen atoms in total. The molecule has 0 aliphatic carbocycles. The molecule has 2 rings (SSSR count). The van der Waals surface area contributed by atoms with Crippen LogP contribution >= 0.6 is 11.6 Å². The van der Waals surface area contributed by atoms with Crippen LogP contribution in [-0.2, 0) is 4.79 Å². The number of aliphatic carboxylic acids is 1. The summed E-state index contributed by atoms with van der Waals surface area (Å²) in [5.74, 6) is -1.54. The Kier molecular flexibility index (Phi) is 3.06. The van der Waals surface area contributed by atoms with Crippen molar-refractivity contribution in [1.82, 2.24) is 4.98 Å². The van der Waals surface area contributed by atoms with E-state index in [4.69, 9.17) is 16.7 Å². The molecule has 0 radical (unpaired) electrons. The van der Waals surface area contributed by atoms with Gasteiger partial charge in [-0.3, -0.25) is 0 Å². The number of nitrogens with zero attached hydrogens (tertiary/aromatic N) is 1. The summed E-state index contributed by atoms with van der Waals surface area (Å²) in [6, 6.07) is 6.11. The minimum Gasteiger partial charge on any atom is -0.478 e. The van der Waals surface area contributed by atoms with Crippen molar-refractivity contribution in [2.45, 2.75) is 0 Å². The summed E-state index contributed by atoms with van der Waals surface area (Å²) < 4.78 is 13.4. The van der Waals surface area contributed by atoms with Crippen LogP contribution in [0.15, 0.2) is 30.3 Å². The Morgan fingerprint density at radius 3 is 2.94 bits per heavy atom. The lowest BCUT2D eigenvalue weighted by Gasteiger charge is -2.02. The molecular formula is C12H7ClFNO2. The largest absolute Gasteiger partial charge is 0.478 e. The Labute approximate surface area is 101 Å². The van der Waals surface area contributed by atoms with Crippen LogP contribution in [0.4, 0.5) is 4.39 Å². The zero-order valence-electron chi connectivity index (χ0n) is 8.52. The quantitative estimate of drug-likeness (QED) is 0.659. The lowest BCUT2D eigenvalue weighted by Crippen LogP contribution is -1.90. The van der Waals surface area contributed by atoms with Gasteiger partial charge in [-0.1, -0.05) is 23.7 Å². The molecule has 86 valence electrons. The minimum atomic E-state index is -1.08. The SMILES string of the molecule is O=C(O)/C=C/c1cc2cccc(F)c2nc1Cl. The Hall–Kier alpha value is -1.94. The normalized spacial score (nSPS) is 11.2. The van der Waals surface area contributed by atoms with Gasteiger partial charge in [0.05, 0.1) is 0 Å².